The van der Waals surface area contributed by atoms with E-state index in [0.29, 0.717) is 0 Å². The van der Waals surface area contributed by atoms with Gasteiger partial charge in [0.25, 0.3) is 0 Å². The lowest BCUT2D eigenvalue weighted by molar-refractivity contribution is 0.669. The Bertz CT molecular complexity index is 2480. The lowest BCUT2D eigenvalue weighted by Gasteiger charge is -2.26. The molecule has 0 amide bonds. The number of hydrogen-bond acceptors (Lipinski definition) is 4. The molecule has 0 bridgehead atoms. The molecule has 212 valence electrons. The van der Waals surface area contributed by atoms with Gasteiger partial charge in [0.05, 0.1) is 10.2 Å². The van der Waals surface area contributed by atoms with Crippen molar-refractivity contribution < 1.29 is 4.42 Å². The fourth-order valence-electron chi connectivity index (χ4n) is 6.27. The zero-order chi connectivity index (χ0) is 29.7. The smallest absolute Gasteiger partial charge is 0.137 e. The van der Waals surface area contributed by atoms with Crippen molar-refractivity contribution >= 4 is 71.3 Å². The lowest BCUT2D eigenvalue weighted by Crippen LogP contribution is -2.09. The van der Waals surface area contributed by atoms with Gasteiger partial charge in [-0.15, -0.1) is 11.3 Å². The maximum Gasteiger partial charge on any atom is 0.137 e. The first kappa shape index (κ1) is 25.8. The fourth-order valence-corrected chi connectivity index (χ4v) is 7.39. The molecule has 4 heteroatoms. The van der Waals surface area contributed by atoms with Crippen LogP contribution in [-0.2, 0) is 0 Å². The van der Waals surface area contributed by atoms with Gasteiger partial charge in [0.15, 0.2) is 0 Å². The topological polar surface area (TPSA) is 29.3 Å². The van der Waals surface area contributed by atoms with Crippen molar-refractivity contribution in [3.8, 4) is 21.7 Å². The average molecular weight is 595 g/mol. The maximum atomic E-state index is 6.42. The second kappa shape index (κ2) is 10.5. The van der Waals surface area contributed by atoms with E-state index in [-0.39, 0.29) is 0 Å². The second-order valence-corrected chi connectivity index (χ2v) is 12.2. The van der Waals surface area contributed by atoms with Gasteiger partial charge >= 0.3 is 0 Å². The third kappa shape index (κ3) is 4.46. The van der Waals surface area contributed by atoms with Crippen LogP contribution in [0, 0.1) is 0 Å². The van der Waals surface area contributed by atoms with Gasteiger partial charge in [-0.25, -0.2) is 4.98 Å². The molecule has 0 radical (unpaired) electrons. The minimum Gasteiger partial charge on any atom is -0.456 e. The summed E-state index contributed by atoms with van der Waals surface area (Å²) in [6.07, 6.45) is 0. The molecule has 9 aromatic rings. The molecular formula is C41H26N2OS. The van der Waals surface area contributed by atoms with E-state index in [0.717, 1.165) is 70.9 Å². The zero-order valence-corrected chi connectivity index (χ0v) is 25.0. The number of thiazole rings is 1. The number of benzene rings is 7. The van der Waals surface area contributed by atoms with Crippen LogP contribution in [0.25, 0.3) is 64.6 Å². The molecule has 0 aliphatic rings. The normalized spacial score (nSPS) is 11.6. The number of para-hydroxylation sites is 1. The van der Waals surface area contributed by atoms with E-state index in [1.165, 1.54) is 10.8 Å². The summed E-state index contributed by atoms with van der Waals surface area (Å²) in [5.74, 6) is 0. The highest BCUT2D eigenvalue weighted by Gasteiger charge is 2.17. The molecule has 2 aromatic heterocycles. The predicted molar refractivity (Wildman–Crippen MR) is 190 cm³/mol. The molecule has 3 nitrogen and oxygen atoms in total. The van der Waals surface area contributed by atoms with E-state index in [4.69, 9.17) is 9.40 Å². The first-order chi connectivity index (χ1) is 22.3. The predicted octanol–water partition coefficient (Wildman–Crippen LogP) is 12.2. The molecule has 0 saturated carbocycles. The van der Waals surface area contributed by atoms with Crippen molar-refractivity contribution in [3.63, 3.8) is 0 Å². The number of furan rings is 1. The van der Waals surface area contributed by atoms with Crippen molar-refractivity contribution in [2.75, 3.05) is 4.90 Å². The quantitative estimate of drug-likeness (QED) is 0.198. The Labute approximate surface area is 264 Å². The number of nitrogens with zero attached hydrogens (tertiary/aromatic N) is 2. The molecule has 2 heterocycles. The molecule has 9 rings (SSSR count). The molecule has 0 N–H and O–H groups in total. The van der Waals surface area contributed by atoms with E-state index in [1.54, 1.807) is 11.3 Å². The Hall–Kier alpha value is -5.71. The van der Waals surface area contributed by atoms with Gasteiger partial charge < -0.3 is 9.32 Å². The van der Waals surface area contributed by atoms with Crippen LogP contribution in [0.1, 0.15) is 0 Å². The zero-order valence-electron chi connectivity index (χ0n) is 24.2. The van der Waals surface area contributed by atoms with Crippen LogP contribution in [0.4, 0.5) is 17.1 Å². The summed E-state index contributed by atoms with van der Waals surface area (Å²) in [6, 6.07) is 55.5. The summed E-state index contributed by atoms with van der Waals surface area (Å²) in [5, 5.41) is 5.73. The molecule has 0 spiro atoms. The molecule has 0 unspecified atom stereocenters. The summed E-state index contributed by atoms with van der Waals surface area (Å²) >= 11 is 1.73. The molecule has 0 aliphatic carbocycles. The summed E-state index contributed by atoms with van der Waals surface area (Å²) in [5.41, 5.74) is 9.53. The minimum atomic E-state index is 0.885. The SMILES string of the molecule is c1ccc(-c2nc3ccc4oc5cc(-c6ccc(N(c7ccccc7)c7ccc8ccccc8c7)cc6)ccc5c4c3s2)cc1. The maximum absolute atomic E-state index is 6.42. The first-order valence-corrected chi connectivity index (χ1v) is 15.9. The minimum absolute atomic E-state index is 0.885. The number of anilines is 3. The highest BCUT2D eigenvalue weighted by atomic mass is 32.1. The Morgan fingerprint density at radius 3 is 2.00 bits per heavy atom. The van der Waals surface area contributed by atoms with Gasteiger partial charge in [0.2, 0.25) is 0 Å². The van der Waals surface area contributed by atoms with Crippen LogP contribution in [-0.4, -0.2) is 4.98 Å². The van der Waals surface area contributed by atoms with Gasteiger partial charge in [-0.3, -0.25) is 0 Å². The highest BCUT2D eigenvalue weighted by Crippen LogP contribution is 2.41. The molecule has 0 fully saturated rings. The summed E-state index contributed by atoms with van der Waals surface area (Å²) < 4.78 is 7.58. The van der Waals surface area contributed by atoms with Crippen molar-refractivity contribution in [2.24, 2.45) is 0 Å². The summed E-state index contributed by atoms with van der Waals surface area (Å²) in [4.78, 5) is 7.25. The van der Waals surface area contributed by atoms with Crippen LogP contribution in [0.3, 0.4) is 0 Å². The standard InChI is InChI=1S/C41H26N2OS/c1-3-10-29(11-4-1)41-42-36-23-24-37-39(40(36)45-41)35-22-18-31(26-38(35)44-37)28-15-19-33(20-16-28)43(32-13-5-2-6-14-32)34-21-17-27-9-7-8-12-30(27)25-34/h1-26H. The van der Waals surface area contributed by atoms with Gasteiger partial charge in [-0.1, -0.05) is 97.1 Å². The van der Waals surface area contributed by atoms with Crippen LogP contribution in [0.5, 0.6) is 0 Å². The largest absolute Gasteiger partial charge is 0.456 e. The van der Waals surface area contributed by atoms with Crippen molar-refractivity contribution in [3.05, 3.63) is 158 Å². The Kier molecular flexibility index (Phi) is 6.00. The van der Waals surface area contributed by atoms with Crippen LogP contribution in [0.2, 0.25) is 0 Å². The van der Waals surface area contributed by atoms with Crippen LogP contribution in [0.15, 0.2) is 162 Å². The van der Waals surface area contributed by atoms with Gasteiger partial charge in [-0.05, 0) is 82.6 Å². The molecule has 45 heavy (non-hydrogen) atoms. The van der Waals surface area contributed by atoms with E-state index < -0.39 is 0 Å². The van der Waals surface area contributed by atoms with Crippen molar-refractivity contribution in [2.45, 2.75) is 0 Å². The number of hydrogen-bond donors (Lipinski definition) is 0. The van der Waals surface area contributed by atoms with E-state index in [1.807, 2.05) is 12.1 Å². The van der Waals surface area contributed by atoms with E-state index in [2.05, 4.69) is 150 Å². The molecule has 7 aromatic carbocycles. The summed E-state index contributed by atoms with van der Waals surface area (Å²) in [6.45, 7) is 0. The van der Waals surface area contributed by atoms with Crippen LogP contribution < -0.4 is 4.90 Å². The fraction of sp³-hybridized carbons (Fsp3) is 0. The third-order valence-corrected chi connectivity index (χ3v) is 9.61. The van der Waals surface area contributed by atoms with E-state index >= 15 is 0 Å². The van der Waals surface area contributed by atoms with Crippen molar-refractivity contribution in [1.82, 2.24) is 4.98 Å². The Morgan fingerprint density at radius 1 is 0.489 bits per heavy atom. The van der Waals surface area contributed by atoms with Crippen LogP contribution >= 0.6 is 11.3 Å². The first-order valence-electron chi connectivity index (χ1n) is 15.0. The highest BCUT2D eigenvalue weighted by molar-refractivity contribution is 7.22. The van der Waals surface area contributed by atoms with E-state index in [9.17, 15) is 0 Å². The van der Waals surface area contributed by atoms with Gasteiger partial charge in [0, 0.05) is 33.4 Å². The van der Waals surface area contributed by atoms with Gasteiger partial charge in [0.1, 0.15) is 16.2 Å². The number of fused-ring (bicyclic) bond motifs is 6. The summed E-state index contributed by atoms with van der Waals surface area (Å²) in [7, 11) is 0. The molecule has 0 atom stereocenters. The number of aromatic nitrogens is 1. The third-order valence-electron chi connectivity index (χ3n) is 8.48. The number of rotatable bonds is 5. The average Bonchev–Trinajstić information content (AvgIpc) is 3.71. The molecule has 0 aliphatic heterocycles. The van der Waals surface area contributed by atoms with Crippen molar-refractivity contribution in [1.29, 1.82) is 0 Å². The Morgan fingerprint density at radius 2 is 1.18 bits per heavy atom. The Balaban J connectivity index is 1.10. The monoisotopic (exact) mass is 594 g/mol. The molecule has 0 saturated heterocycles. The lowest BCUT2D eigenvalue weighted by atomic mass is 10.0. The molecular weight excluding hydrogens is 569 g/mol. The second-order valence-electron chi connectivity index (χ2n) is 11.2. The van der Waals surface area contributed by atoms with Gasteiger partial charge in [-0.2, -0.15) is 0 Å².